The highest BCUT2D eigenvalue weighted by Gasteiger charge is 2.33. The molecule has 0 N–H and O–H groups in total. The number of hydrogen-bond acceptors (Lipinski definition) is 6. The maximum atomic E-state index is 13.0. The standard InChI is InChI=1S/C21H22N2O3S2/c1-25-16-9-10-18(26-2)14(11-16)12-23(15-7-8-15)20(24)13-27-21-22-17-5-3-4-6-19(17)28-21/h3-6,9-11,15H,7-8,12-13H2,1-2H3. The molecule has 1 aromatic heterocycles. The van der Waals surface area contributed by atoms with Gasteiger partial charge in [0.15, 0.2) is 4.34 Å². The zero-order valence-corrected chi connectivity index (χ0v) is 17.5. The first-order valence-electron chi connectivity index (χ1n) is 9.16. The van der Waals surface area contributed by atoms with E-state index in [9.17, 15) is 4.79 Å². The van der Waals surface area contributed by atoms with Crippen molar-refractivity contribution in [2.75, 3.05) is 20.0 Å². The number of aromatic nitrogens is 1. The molecular weight excluding hydrogens is 392 g/mol. The zero-order chi connectivity index (χ0) is 19.5. The Hall–Kier alpha value is -2.25. The lowest BCUT2D eigenvalue weighted by Crippen LogP contribution is -2.34. The van der Waals surface area contributed by atoms with Crippen LogP contribution in [0.3, 0.4) is 0 Å². The van der Waals surface area contributed by atoms with E-state index in [4.69, 9.17) is 9.47 Å². The van der Waals surface area contributed by atoms with E-state index in [0.717, 1.165) is 44.5 Å². The van der Waals surface area contributed by atoms with Crippen molar-refractivity contribution in [2.24, 2.45) is 0 Å². The third-order valence-corrected chi connectivity index (χ3v) is 6.89. The first kappa shape index (κ1) is 19.1. The van der Waals surface area contributed by atoms with E-state index in [1.807, 2.05) is 41.3 Å². The molecule has 7 heteroatoms. The molecule has 4 rings (SSSR count). The van der Waals surface area contributed by atoms with E-state index in [1.54, 1.807) is 25.6 Å². The van der Waals surface area contributed by atoms with Crippen LogP contribution in [0, 0.1) is 0 Å². The minimum absolute atomic E-state index is 0.136. The molecule has 0 bridgehead atoms. The molecule has 1 saturated carbocycles. The first-order valence-corrected chi connectivity index (χ1v) is 11.0. The van der Waals surface area contributed by atoms with Crippen LogP contribution in [0.2, 0.25) is 0 Å². The van der Waals surface area contributed by atoms with Gasteiger partial charge >= 0.3 is 0 Å². The molecule has 0 aliphatic heterocycles. The molecule has 2 aromatic carbocycles. The Morgan fingerprint density at radius 2 is 2.04 bits per heavy atom. The monoisotopic (exact) mass is 414 g/mol. The van der Waals surface area contributed by atoms with E-state index in [2.05, 4.69) is 11.1 Å². The molecule has 1 fully saturated rings. The number of benzene rings is 2. The smallest absolute Gasteiger partial charge is 0.233 e. The van der Waals surface area contributed by atoms with Gasteiger partial charge in [0.25, 0.3) is 0 Å². The van der Waals surface area contributed by atoms with Gasteiger partial charge in [-0.15, -0.1) is 11.3 Å². The van der Waals surface area contributed by atoms with Crippen molar-refractivity contribution >= 4 is 39.2 Å². The highest BCUT2D eigenvalue weighted by Crippen LogP contribution is 2.34. The van der Waals surface area contributed by atoms with Crippen molar-refractivity contribution in [3.8, 4) is 11.5 Å². The number of thiazole rings is 1. The van der Waals surface area contributed by atoms with E-state index >= 15 is 0 Å². The molecule has 0 saturated heterocycles. The van der Waals surface area contributed by atoms with Gasteiger partial charge in [0, 0.05) is 18.2 Å². The number of rotatable bonds is 8. The summed E-state index contributed by atoms with van der Waals surface area (Å²) < 4.78 is 12.9. The highest BCUT2D eigenvalue weighted by atomic mass is 32.2. The van der Waals surface area contributed by atoms with Crippen molar-refractivity contribution < 1.29 is 14.3 Å². The summed E-state index contributed by atoms with van der Waals surface area (Å²) in [6, 6.07) is 14.1. The fourth-order valence-corrected chi connectivity index (χ4v) is 5.07. The molecule has 1 aliphatic rings. The number of carbonyl (C=O) groups is 1. The predicted octanol–water partition coefficient (Wildman–Crippen LogP) is 4.60. The molecule has 146 valence electrons. The lowest BCUT2D eigenvalue weighted by atomic mass is 10.1. The average molecular weight is 415 g/mol. The number of carbonyl (C=O) groups excluding carboxylic acids is 1. The van der Waals surface area contributed by atoms with Crippen LogP contribution in [0.15, 0.2) is 46.8 Å². The number of hydrogen-bond donors (Lipinski definition) is 0. The molecule has 1 aliphatic carbocycles. The number of thioether (sulfide) groups is 1. The number of para-hydroxylation sites is 1. The average Bonchev–Trinajstić information content (AvgIpc) is 3.48. The normalized spacial score (nSPS) is 13.5. The summed E-state index contributed by atoms with van der Waals surface area (Å²) in [6.07, 6.45) is 2.12. The van der Waals surface area contributed by atoms with Crippen molar-refractivity contribution in [1.29, 1.82) is 0 Å². The summed E-state index contributed by atoms with van der Waals surface area (Å²) in [5.74, 6) is 2.07. The van der Waals surface area contributed by atoms with Crippen LogP contribution in [0.4, 0.5) is 0 Å². The third kappa shape index (κ3) is 4.25. The molecule has 3 aromatic rings. The molecule has 1 amide bonds. The zero-order valence-electron chi connectivity index (χ0n) is 15.9. The van der Waals surface area contributed by atoms with Crippen molar-refractivity contribution in [3.63, 3.8) is 0 Å². The topological polar surface area (TPSA) is 51.7 Å². The summed E-state index contributed by atoms with van der Waals surface area (Å²) in [6.45, 7) is 0.532. The Bertz CT molecular complexity index is 952. The van der Waals surface area contributed by atoms with Crippen molar-refractivity contribution in [2.45, 2.75) is 29.8 Å². The first-order chi connectivity index (χ1) is 13.7. The van der Waals surface area contributed by atoms with Crippen molar-refractivity contribution in [1.82, 2.24) is 9.88 Å². The second-order valence-corrected chi connectivity index (χ2v) is 8.92. The Labute approximate surface area is 172 Å². The Morgan fingerprint density at radius 1 is 1.21 bits per heavy atom. The van der Waals surface area contributed by atoms with Gasteiger partial charge in [-0.2, -0.15) is 0 Å². The van der Waals surface area contributed by atoms with Crippen LogP contribution >= 0.6 is 23.1 Å². The van der Waals surface area contributed by atoms with Crippen LogP contribution in [0.25, 0.3) is 10.2 Å². The number of nitrogens with zero attached hydrogens (tertiary/aromatic N) is 2. The van der Waals surface area contributed by atoms with Gasteiger partial charge in [0.2, 0.25) is 5.91 Å². The van der Waals surface area contributed by atoms with E-state index in [0.29, 0.717) is 18.3 Å². The number of amides is 1. The van der Waals surface area contributed by atoms with E-state index < -0.39 is 0 Å². The largest absolute Gasteiger partial charge is 0.497 e. The lowest BCUT2D eigenvalue weighted by Gasteiger charge is -2.23. The van der Waals surface area contributed by atoms with Gasteiger partial charge in [0.05, 0.1) is 30.2 Å². The quantitative estimate of drug-likeness (QED) is 0.504. The molecule has 1 heterocycles. The van der Waals surface area contributed by atoms with E-state index in [1.165, 1.54) is 11.8 Å². The molecule has 0 radical (unpaired) electrons. The summed E-state index contributed by atoms with van der Waals surface area (Å²) in [5.41, 5.74) is 1.95. The van der Waals surface area contributed by atoms with Crippen LogP contribution in [-0.2, 0) is 11.3 Å². The third-order valence-electron chi connectivity index (χ3n) is 4.73. The van der Waals surface area contributed by atoms with Crippen molar-refractivity contribution in [3.05, 3.63) is 48.0 Å². The van der Waals surface area contributed by atoms with Crippen LogP contribution in [0.1, 0.15) is 18.4 Å². The molecule has 0 spiro atoms. The second-order valence-electron chi connectivity index (χ2n) is 6.67. The number of ether oxygens (including phenoxy) is 2. The van der Waals surface area contributed by atoms with Gasteiger partial charge in [-0.3, -0.25) is 4.79 Å². The highest BCUT2D eigenvalue weighted by molar-refractivity contribution is 8.01. The van der Waals surface area contributed by atoms with Gasteiger partial charge in [-0.05, 0) is 43.2 Å². The maximum Gasteiger partial charge on any atom is 0.233 e. The maximum absolute atomic E-state index is 13.0. The number of fused-ring (bicyclic) bond motifs is 1. The minimum Gasteiger partial charge on any atom is -0.497 e. The predicted molar refractivity (Wildman–Crippen MR) is 113 cm³/mol. The van der Waals surface area contributed by atoms with Crippen LogP contribution < -0.4 is 9.47 Å². The Kier molecular flexibility index (Phi) is 5.73. The van der Waals surface area contributed by atoms with Crippen LogP contribution in [0.5, 0.6) is 11.5 Å². The summed E-state index contributed by atoms with van der Waals surface area (Å²) in [5, 5.41) is 0. The Morgan fingerprint density at radius 3 is 2.75 bits per heavy atom. The van der Waals surface area contributed by atoms with Gasteiger partial charge in [-0.25, -0.2) is 4.98 Å². The van der Waals surface area contributed by atoms with Gasteiger partial charge < -0.3 is 14.4 Å². The van der Waals surface area contributed by atoms with Crippen LogP contribution in [-0.4, -0.2) is 41.8 Å². The fourth-order valence-electron chi connectivity index (χ4n) is 3.12. The minimum atomic E-state index is 0.136. The second kappa shape index (κ2) is 8.41. The fraction of sp³-hybridized carbons (Fsp3) is 0.333. The SMILES string of the molecule is COc1ccc(OC)c(CN(C(=O)CSc2nc3ccccc3s2)C2CC2)c1. The summed E-state index contributed by atoms with van der Waals surface area (Å²) in [7, 11) is 3.29. The summed E-state index contributed by atoms with van der Waals surface area (Å²) in [4.78, 5) is 19.6. The van der Waals surface area contributed by atoms with E-state index in [-0.39, 0.29) is 5.91 Å². The van der Waals surface area contributed by atoms with Gasteiger partial charge in [-0.1, -0.05) is 23.9 Å². The molecule has 0 unspecified atom stereocenters. The molecule has 28 heavy (non-hydrogen) atoms. The number of methoxy groups -OCH3 is 2. The lowest BCUT2D eigenvalue weighted by molar-refractivity contribution is -0.129. The molecule has 0 atom stereocenters. The Balaban J connectivity index is 1.46. The molecular formula is C21H22N2O3S2. The molecule has 5 nitrogen and oxygen atoms in total. The summed E-state index contributed by atoms with van der Waals surface area (Å²) >= 11 is 3.15. The van der Waals surface area contributed by atoms with Gasteiger partial charge in [0.1, 0.15) is 11.5 Å².